The van der Waals surface area contributed by atoms with E-state index in [-0.39, 0.29) is 0 Å². The second-order valence-corrected chi connectivity index (χ2v) is 4.08. The quantitative estimate of drug-likeness (QED) is 0.852. The van der Waals surface area contributed by atoms with E-state index in [4.69, 9.17) is 11.6 Å². The van der Waals surface area contributed by atoms with E-state index in [1.807, 2.05) is 24.3 Å². The maximum Gasteiger partial charge on any atom is 0.140 e. The number of rotatable bonds is 2. The van der Waals surface area contributed by atoms with E-state index in [0.717, 1.165) is 16.9 Å². The molecule has 2 heterocycles. The molecule has 0 aromatic carbocycles. The van der Waals surface area contributed by atoms with E-state index in [2.05, 4.69) is 4.98 Å². The van der Waals surface area contributed by atoms with Gasteiger partial charge in [-0.25, -0.2) is 4.98 Å². The Hall–Kier alpha value is -1.06. The molecule has 2 aromatic heterocycles. The van der Waals surface area contributed by atoms with Gasteiger partial charge in [0.05, 0.1) is 23.0 Å². The van der Waals surface area contributed by atoms with Crippen LogP contribution in [0.2, 0.25) is 5.02 Å². The fourth-order valence-electron chi connectivity index (χ4n) is 1.69. The first kappa shape index (κ1) is 10.5. The molecule has 0 saturated heterocycles. The van der Waals surface area contributed by atoms with Crippen LogP contribution in [-0.2, 0) is 0 Å². The molecule has 0 saturated carbocycles. The molecule has 0 spiro atoms. The van der Waals surface area contributed by atoms with Crippen molar-refractivity contribution in [2.45, 2.75) is 26.4 Å². The van der Waals surface area contributed by atoms with Gasteiger partial charge in [-0.1, -0.05) is 18.5 Å². The van der Waals surface area contributed by atoms with Gasteiger partial charge in [-0.3, -0.25) is 4.40 Å². The normalized spacial score (nSPS) is 13.3. The van der Waals surface area contributed by atoms with Crippen LogP contribution in [0, 0.1) is 6.92 Å². The summed E-state index contributed by atoms with van der Waals surface area (Å²) in [6.07, 6.45) is 3.66. The zero-order valence-corrected chi connectivity index (χ0v) is 9.49. The van der Waals surface area contributed by atoms with Gasteiger partial charge in [0, 0.05) is 6.20 Å². The number of fused-ring (bicyclic) bond motifs is 1. The van der Waals surface area contributed by atoms with Gasteiger partial charge >= 0.3 is 0 Å². The SMILES string of the molecule is CCC(O)c1cnc2c(C)cc(Cl)cn12. The molecule has 0 amide bonds. The van der Waals surface area contributed by atoms with E-state index in [1.165, 1.54) is 0 Å². The van der Waals surface area contributed by atoms with Gasteiger partial charge in [0.1, 0.15) is 5.65 Å². The number of aryl methyl sites for hydroxylation is 1. The first-order chi connectivity index (χ1) is 7.13. The number of hydrogen-bond donors (Lipinski definition) is 1. The molecule has 15 heavy (non-hydrogen) atoms. The lowest BCUT2D eigenvalue weighted by Crippen LogP contribution is -2.00. The maximum atomic E-state index is 9.79. The molecular weight excluding hydrogens is 212 g/mol. The smallest absolute Gasteiger partial charge is 0.140 e. The summed E-state index contributed by atoms with van der Waals surface area (Å²) >= 11 is 5.97. The van der Waals surface area contributed by atoms with Crippen LogP contribution in [0.15, 0.2) is 18.5 Å². The van der Waals surface area contributed by atoms with Crippen molar-refractivity contribution in [3.63, 3.8) is 0 Å². The first-order valence-corrected chi connectivity index (χ1v) is 5.32. The second-order valence-electron chi connectivity index (χ2n) is 3.64. The Morgan fingerprint density at radius 3 is 3.00 bits per heavy atom. The third-order valence-corrected chi connectivity index (χ3v) is 2.72. The minimum Gasteiger partial charge on any atom is -0.387 e. The van der Waals surface area contributed by atoms with Crippen LogP contribution in [0.3, 0.4) is 0 Å². The van der Waals surface area contributed by atoms with E-state index < -0.39 is 6.10 Å². The van der Waals surface area contributed by atoms with Crippen LogP contribution < -0.4 is 0 Å². The molecule has 0 aliphatic carbocycles. The van der Waals surface area contributed by atoms with Gasteiger partial charge < -0.3 is 5.11 Å². The summed E-state index contributed by atoms with van der Waals surface area (Å²) in [7, 11) is 0. The van der Waals surface area contributed by atoms with Crippen molar-refractivity contribution in [1.29, 1.82) is 0 Å². The molecule has 0 fully saturated rings. The van der Waals surface area contributed by atoms with Crippen molar-refractivity contribution >= 4 is 17.2 Å². The van der Waals surface area contributed by atoms with Gasteiger partial charge in [0.15, 0.2) is 0 Å². The molecule has 0 aliphatic rings. The highest BCUT2D eigenvalue weighted by molar-refractivity contribution is 6.30. The molecule has 4 heteroatoms. The standard InChI is InChI=1S/C11H13ClN2O/c1-3-10(15)9-5-13-11-7(2)4-8(12)6-14(9)11/h4-6,10,15H,3H2,1-2H3. The van der Waals surface area contributed by atoms with Crippen LogP contribution in [0.1, 0.15) is 30.7 Å². The van der Waals surface area contributed by atoms with Crippen molar-refractivity contribution < 1.29 is 5.11 Å². The van der Waals surface area contributed by atoms with E-state index in [1.54, 1.807) is 12.4 Å². The molecule has 2 aromatic rings. The van der Waals surface area contributed by atoms with Gasteiger partial charge in [-0.15, -0.1) is 0 Å². The van der Waals surface area contributed by atoms with Crippen molar-refractivity contribution in [3.05, 3.63) is 34.7 Å². The number of aliphatic hydroxyl groups is 1. The largest absolute Gasteiger partial charge is 0.387 e. The molecule has 1 unspecified atom stereocenters. The van der Waals surface area contributed by atoms with Gasteiger partial charge in [0.2, 0.25) is 0 Å². The molecule has 0 aliphatic heterocycles. The Balaban J connectivity index is 2.68. The van der Waals surface area contributed by atoms with E-state index in [0.29, 0.717) is 11.4 Å². The predicted octanol–water partition coefficient (Wildman–Crippen LogP) is 2.74. The summed E-state index contributed by atoms with van der Waals surface area (Å²) in [5.74, 6) is 0. The molecule has 1 atom stereocenters. The molecule has 0 radical (unpaired) electrons. The summed E-state index contributed by atoms with van der Waals surface area (Å²) < 4.78 is 1.85. The highest BCUT2D eigenvalue weighted by atomic mass is 35.5. The van der Waals surface area contributed by atoms with Crippen molar-refractivity contribution in [2.24, 2.45) is 0 Å². The average Bonchev–Trinajstić information content (AvgIpc) is 2.60. The number of hydrogen-bond acceptors (Lipinski definition) is 2. The van der Waals surface area contributed by atoms with Gasteiger partial charge in [-0.2, -0.15) is 0 Å². The van der Waals surface area contributed by atoms with Crippen molar-refractivity contribution in [1.82, 2.24) is 9.38 Å². The Morgan fingerprint density at radius 2 is 2.33 bits per heavy atom. The Morgan fingerprint density at radius 1 is 1.60 bits per heavy atom. The molecule has 80 valence electrons. The van der Waals surface area contributed by atoms with Crippen molar-refractivity contribution in [3.8, 4) is 0 Å². The Kier molecular flexibility index (Phi) is 2.67. The molecular formula is C11H13ClN2O. The highest BCUT2D eigenvalue weighted by Gasteiger charge is 2.12. The summed E-state index contributed by atoms with van der Waals surface area (Å²) in [6, 6.07) is 1.87. The zero-order valence-electron chi connectivity index (χ0n) is 8.74. The fourth-order valence-corrected chi connectivity index (χ4v) is 1.95. The van der Waals surface area contributed by atoms with Crippen LogP contribution >= 0.6 is 11.6 Å². The van der Waals surface area contributed by atoms with Crippen LogP contribution in [-0.4, -0.2) is 14.5 Å². The monoisotopic (exact) mass is 224 g/mol. The number of pyridine rings is 1. The number of aromatic nitrogens is 2. The number of nitrogens with zero attached hydrogens (tertiary/aromatic N) is 2. The Labute approximate surface area is 93.3 Å². The third-order valence-electron chi connectivity index (χ3n) is 2.51. The number of aliphatic hydroxyl groups excluding tert-OH is 1. The Bertz CT molecular complexity index is 493. The fraction of sp³-hybridized carbons (Fsp3) is 0.364. The third kappa shape index (κ3) is 1.73. The average molecular weight is 225 g/mol. The van der Waals surface area contributed by atoms with E-state index >= 15 is 0 Å². The first-order valence-electron chi connectivity index (χ1n) is 4.94. The number of imidazole rings is 1. The van der Waals surface area contributed by atoms with Crippen molar-refractivity contribution in [2.75, 3.05) is 0 Å². The van der Waals surface area contributed by atoms with Crippen LogP contribution in [0.4, 0.5) is 0 Å². The summed E-state index contributed by atoms with van der Waals surface area (Å²) in [5, 5.41) is 10.4. The molecule has 0 bridgehead atoms. The highest BCUT2D eigenvalue weighted by Crippen LogP contribution is 2.22. The summed E-state index contributed by atoms with van der Waals surface area (Å²) in [4.78, 5) is 4.27. The summed E-state index contributed by atoms with van der Waals surface area (Å²) in [6.45, 7) is 3.89. The van der Waals surface area contributed by atoms with Gasteiger partial charge in [-0.05, 0) is 25.0 Å². The lowest BCUT2D eigenvalue weighted by atomic mass is 10.2. The minimum atomic E-state index is -0.488. The lowest BCUT2D eigenvalue weighted by Gasteiger charge is -2.08. The van der Waals surface area contributed by atoms with E-state index in [9.17, 15) is 5.11 Å². The van der Waals surface area contributed by atoms with Crippen LogP contribution in [0.5, 0.6) is 0 Å². The lowest BCUT2D eigenvalue weighted by molar-refractivity contribution is 0.168. The second kappa shape index (κ2) is 3.83. The molecule has 3 nitrogen and oxygen atoms in total. The minimum absolute atomic E-state index is 0.488. The summed E-state index contributed by atoms with van der Waals surface area (Å²) in [5.41, 5.74) is 2.65. The molecule has 2 rings (SSSR count). The zero-order chi connectivity index (χ0) is 11.0. The van der Waals surface area contributed by atoms with Gasteiger partial charge in [0.25, 0.3) is 0 Å². The predicted molar refractivity (Wildman–Crippen MR) is 60.2 cm³/mol. The molecule has 1 N–H and O–H groups in total. The number of halogens is 1. The van der Waals surface area contributed by atoms with Crippen LogP contribution in [0.25, 0.3) is 5.65 Å². The topological polar surface area (TPSA) is 37.5 Å². The maximum absolute atomic E-state index is 9.79.